The third-order valence-electron chi connectivity index (χ3n) is 5.72. The number of ether oxygens (including phenoxy) is 2. The highest BCUT2D eigenvalue weighted by molar-refractivity contribution is 5.46. The number of hydrogen-bond acceptors (Lipinski definition) is 5. The molecule has 1 aromatic carbocycles. The van der Waals surface area contributed by atoms with Crippen LogP contribution in [0.25, 0.3) is 0 Å². The molecule has 2 aliphatic rings. The molecule has 1 aliphatic heterocycles. The molecule has 1 aromatic rings. The minimum absolute atomic E-state index is 0.210. The molecular weight excluding hydrogens is 278 g/mol. The van der Waals surface area contributed by atoms with Gasteiger partial charge in [-0.2, -0.15) is 0 Å². The van der Waals surface area contributed by atoms with Crippen LogP contribution in [0.15, 0.2) is 18.2 Å². The van der Waals surface area contributed by atoms with Gasteiger partial charge in [0.25, 0.3) is 0 Å². The molecule has 3 atom stereocenters. The Labute approximate surface area is 132 Å². The van der Waals surface area contributed by atoms with Crippen molar-refractivity contribution in [2.45, 2.75) is 43.2 Å². The van der Waals surface area contributed by atoms with E-state index in [4.69, 9.17) is 15.3 Å². The van der Waals surface area contributed by atoms with Crippen LogP contribution < -0.4 is 20.7 Å². The van der Waals surface area contributed by atoms with E-state index in [1.165, 1.54) is 12.0 Å². The third-order valence-corrected chi connectivity index (χ3v) is 5.72. The summed E-state index contributed by atoms with van der Waals surface area (Å²) in [6.45, 7) is 1.14. The molecule has 0 bridgehead atoms. The van der Waals surface area contributed by atoms with E-state index in [0.717, 1.165) is 37.3 Å². The lowest BCUT2D eigenvalue weighted by Crippen LogP contribution is -2.52. The van der Waals surface area contributed by atoms with E-state index in [2.05, 4.69) is 29.5 Å². The van der Waals surface area contributed by atoms with Gasteiger partial charge in [-0.3, -0.25) is 11.3 Å². The molecule has 2 fully saturated rings. The largest absolute Gasteiger partial charge is 0.493 e. The summed E-state index contributed by atoms with van der Waals surface area (Å²) in [5, 5.41) is 0. The van der Waals surface area contributed by atoms with Crippen molar-refractivity contribution in [2.24, 2.45) is 5.84 Å². The van der Waals surface area contributed by atoms with Crippen molar-refractivity contribution in [3.8, 4) is 11.5 Å². The lowest BCUT2D eigenvalue weighted by molar-refractivity contribution is 0.154. The number of likely N-dealkylation sites (tertiary alicyclic amines) is 1. The van der Waals surface area contributed by atoms with Crippen molar-refractivity contribution in [3.05, 3.63) is 23.8 Å². The molecule has 22 heavy (non-hydrogen) atoms. The zero-order valence-corrected chi connectivity index (χ0v) is 13.8. The number of nitrogens with two attached hydrogens (primary N) is 1. The molecule has 1 heterocycles. The highest BCUT2D eigenvalue weighted by Crippen LogP contribution is 2.49. The number of hydrogen-bond donors (Lipinski definition) is 2. The highest BCUT2D eigenvalue weighted by atomic mass is 16.5. The zero-order chi connectivity index (χ0) is 15.7. The topological polar surface area (TPSA) is 59.8 Å². The van der Waals surface area contributed by atoms with Crippen molar-refractivity contribution in [1.29, 1.82) is 0 Å². The summed E-state index contributed by atoms with van der Waals surface area (Å²) in [6.07, 6.45) is 4.57. The van der Waals surface area contributed by atoms with Gasteiger partial charge in [0.15, 0.2) is 11.5 Å². The van der Waals surface area contributed by atoms with Crippen LogP contribution in [0.1, 0.15) is 31.2 Å². The van der Waals surface area contributed by atoms with Crippen LogP contribution in [0.4, 0.5) is 0 Å². The van der Waals surface area contributed by atoms with Crippen LogP contribution in [0.5, 0.6) is 11.5 Å². The Morgan fingerprint density at radius 2 is 2.00 bits per heavy atom. The van der Waals surface area contributed by atoms with E-state index < -0.39 is 0 Å². The highest BCUT2D eigenvalue weighted by Gasteiger charge is 2.50. The number of likely N-dealkylation sites (N-methyl/N-ethyl adjacent to an activating group) is 1. The van der Waals surface area contributed by atoms with Crippen molar-refractivity contribution in [2.75, 3.05) is 27.8 Å². The van der Waals surface area contributed by atoms with E-state index in [0.29, 0.717) is 12.1 Å². The summed E-state index contributed by atoms with van der Waals surface area (Å²) in [5.74, 6) is 7.31. The Morgan fingerprint density at radius 1 is 1.23 bits per heavy atom. The second kappa shape index (κ2) is 6.07. The maximum absolute atomic E-state index is 5.69. The Morgan fingerprint density at radius 3 is 2.68 bits per heavy atom. The van der Waals surface area contributed by atoms with E-state index in [1.54, 1.807) is 14.2 Å². The lowest BCUT2D eigenvalue weighted by atomic mass is 9.65. The van der Waals surface area contributed by atoms with E-state index in [-0.39, 0.29) is 5.41 Å². The third kappa shape index (κ3) is 2.37. The molecule has 0 unspecified atom stereocenters. The monoisotopic (exact) mass is 305 g/mol. The second-order valence-corrected chi connectivity index (χ2v) is 6.61. The predicted octanol–water partition coefficient (Wildman–Crippen LogP) is 1.66. The summed E-state index contributed by atoms with van der Waals surface area (Å²) in [6, 6.07) is 7.36. The van der Waals surface area contributed by atoms with Crippen LogP contribution in [0.2, 0.25) is 0 Å². The minimum Gasteiger partial charge on any atom is -0.493 e. The van der Waals surface area contributed by atoms with Gasteiger partial charge in [-0.05, 0) is 57.0 Å². The van der Waals surface area contributed by atoms with Gasteiger partial charge in [0.2, 0.25) is 0 Å². The quantitative estimate of drug-likeness (QED) is 0.654. The number of nitrogens with one attached hydrogen (secondary N) is 1. The predicted molar refractivity (Wildman–Crippen MR) is 87.2 cm³/mol. The van der Waals surface area contributed by atoms with Gasteiger partial charge in [-0.1, -0.05) is 6.07 Å². The Kier molecular flexibility index (Phi) is 4.30. The molecule has 5 nitrogen and oxygen atoms in total. The van der Waals surface area contributed by atoms with Gasteiger partial charge in [-0.15, -0.1) is 0 Å². The first-order chi connectivity index (χ1) is 10.6. The molecule has 1 saturated carbocycles. The number of hydrazine groups is 1. The number of fused-ring (bicyclic) bond motifs is 1. The number of nitrogens with zero attached hydrogens (tertiary/aromatic N) is 1. The van der Waals surface area contributed by atoms with Crippen LogP contribution in [0.3, 0.4) is 0 Å². The van der Waals surface area contributed by atoms with Crippen molar-refractivity contribution in [1.82, 2.24) is 10.3 Å². The van der Waals surface area contributed by atoms with Crippen LogP contribution in [0, 0.1) is 0 Å². The number of benzene rings is 1. The Balaban J connectivity index is 1.98. The van der Waals surface area contributed by atoms with Crippen molar-refractivity contribution in [3.63, 3.8) is 0 Å². The molecule has 0 amide bonds. The molecule has 1 saturated heterocycles. The fraction of sp³-hybridized carbons (Fsp3) is 0.647. The normalized spacial score (nSPS) is 31.8. The standard InChI is InChI=1S/C17H27N3O2/c1-20-9-8-17(7-6-13(19-18)11-16(17)20)12-4-5-14(21-2)15(10-12)22-3/h4-5,10,13,16,19H,6-9,11,18H2,1-3H3/t13-,16-,17-/m0/s1. The van der Waals surface area contributed by atoms with Crippen molar-refractivity contribution >= 4 is 0 Å². The average molecular weight is 305 g/mol. The summed E-state index contributed by atoms with van der Waals surface area (Å²) in [7, 11) is 5.61. The van der Waals surface area contributed by atoms with Crippen LogP contribution >= 0.6 is 0 Å². The molecule has 0 aromatic heterocycles. The maximum atomic E-state index is 5.69. The van der Waals surface area contributed by atoms with E-state index >= 15 is 0 Å². The Hall–Kier alpha value is -1.30. The van der Waals surface area contributed by atoms with Gasteiger partial charge >= 0.3 is 0 Å². The first kappa shape index (κ1) is 15.6. The van der Waals surface area contributed by atoms with Crippen molar-refractivity contribution < 1.29 is 9.47 Å². The first-order valence-electron chi connectivity index (χ1n) is 8.03. The van der Waals surface area contributed by atoms with Gasteiger partial charge in [0.05, 0.1) is 14.2 Å². The zero-order valence-electron chi connectivity index (χ0n) is 13.8. The molecule has 122 valence electrons. The Bertz CT molecular complexity index is 537. The summed E-state index contributed by atoms with van der Waals surface area (Å²) in [4.78, 5) is 2.49. The second-order valence-electron chi connectivity index (χ2n) is 6.61. The van der Waals surface area contributed by atoms with Gasteiger partial charge in [0, 0.05) is 17.5 Å². The molecule has 5 heteroatoms. The maximum Gasteiger partial charge on any atom is 0.161 e. The average Bonchev–Trinajstić information content (AvgIpc) is 2.91. The summed E-state index contributed by atoms with van der Waals surface area (Å²) >= 11 is 0. The minimum atomic E-state index is 0.210. The van der Waals surface area contributed by atoms with Gasteiger partial charge < -0.3 is 14.4 Å². The lowest BCUT2D eigenvalue weighted by Gasteiger charge is -2.44. The molecule has 3 rings (SSSR count). The van der Waals surface area contributed by atoms with Gasteiger partial charge in [-0.25, -0.2) is 0 Å². The van der Waals surface area contributed by atoms with E-state index in [1.807, 2.05) is 6.07 Å². The van der Waals surface area contributed by atoms with Gasteiger partial charge in [0.1, 0.15) is 0 Å². The number of rotatable bonds is 4. The molecule has 0 radical (unpaired) electrons. The smallest absolute Gasteiger partial charge is 0.161 e. The molecule has 0 spiro atoms. The van der Waals surface area contributed by atoms with Crippen LogP contribution in [-0.2, 0) is 5.41 Å². The number of methoxy groups -OCH3 is 2. The fourth-order valence-electron chi connectivity index (χ4n) is 4.41. The summed E-state index contributed by atoms with van der Waals surface area (Å²) in [5.41, 5.74) is 4.56. The molecule has 3 N–H and O–H groups in total. The SMILES string of the molecule is COc1ccc([C@@]23CC[C@H](NN)C[C@@H]2N(C)CC3)cc1OC. The van der Waals surface area contributed by atoms with Crippen LogP contribution in [-0.4, -0.2) is 44.8 Å². The first-order valence-corrected chi connectivity index (χ1v) is 8.03. The fourth-order valence-corrected chi connectivity index (χ4v) is 4.41. The van der Waals surface area contributed by atoms with E-state index in [9.17, 15) is 0 Å². The molecular formula is C17H27N3O2. The summed E-state index contributed by atoms with van der Waals surface area (Å²) < 4.78 is 10.9. The molecule has 1 aliphatic carbocycles.